The Morgan fingerprint density at radius 1 is 1.23 bits per heavy atom. The van der Waals surface area contributed by atoms with Crippen LogP contribution in [0.25, 0.3) is 5.69 Å². The molecule has 6 nitrogen and oxygen atoms in total. The number of thiazole rings is 1. The second kappa shape index (κ2) is 9.59. The summed E-state index contributed by atoms with van der Waals surface area (Å²) < 4.78 is 14.9. The van der Waals surface area contributed by atoms with Gasteiger partial charge in [-0.1, -0.05) is 41.6 Å². The molecule has 2 aromatic carbocycles. The molecule has 4 rings (SSSR count). The average molecular weight is 474 g/mol. The molecule has 0 aliphatic carbocycles. The highest BCUT2D eigenvalue weighted by atomic mass is 35.5. The van der Waals surface area contributed by atoms with E-state index in [1.807, 2.05) is 35.8 Å². The maximum absolute atomic E-state index is 13.0. The second-order valence-electron chi connectivity index (χ2n) is 6.57. The largest absolute Gasteiger partial charge is 0.347 e. The maximum Gasteiger partial charge on any atom is 0.271 e. The van der Waals surface area contributed by atoms with Crippen LogP contribution in [-0.2, 0) is 12.3 Å². The van der Waals surface area contributed by atoms with Gasteiger partial charge in [-0.2, -0.15) is 0 Å². The molecule has 0 aliphatic heterocycles. The number of amides is 1. The van der Waals surface area contributed by atoms with Gasteiger partial charge in [-0.15, -0.1) is 21.5 Å². The van der Waals surface area contributed by atoms with Gasteiger partial charge in [-0.25, -0.2) is 9.37 Å². The molecule has 2 heterocycles. The summed E-state index contributed by atoms with van der Waals surface area (Å²) >= 11 is 9.02. The Kier molecular flexibility index (Phi) is 6.64. The van der Waals surface area contributed by atoms with Gasteiger partial charge in [-0.05, 0) is 42.8 Å². The number of aromatic nitrogens is 4. The predicted octanol–water partition coefficient (Wildman–Crippen LogP) is 5.05. The van der Waals surface area contributed by atoms with Crippen LogP contribution in [0.1, 0.15) is 26.9 Å². The van der Waals surface area contributed by atoms with E-state index in [1.54, 1.807) is 17.5 Å². The van der Waals surface area contributed by atoms with Gasteiger partial charge in [0.25, 0.3) is 5.91 Å². The SMILES string of the molecule is Cc1nnc(SCc2nc(C(=O)NCc3ccc(F)cc3)cs2)n1-c1cccc(Cl)c1. The van der Waals surface area contributed by atoms with Crippen LogP contribution in [-0.4, -0.2) is 25.7 Å². The number of aryl methyl sites for hydroxylation is 1. The van der Waals surface area contributed by atoms with Crippen LogP contribution in [0.4, 0.5) is 4.39 Å². The van der Waals surface area contributed by atoms with E-state index in [1.165, 1.54) is 35.2 Å². The van der Waals surface area contributed by atoms with Gasteiger partial charge < -0.3 is 5.32 Å². The molecule has 4 aromatic rings. The first-order chi connectivity index (χ1) is 15.0. The van der Waals surface area contributed by atoms with E-state index < -0.39 is 0 Å². The Morgan fingerprint density at radius 2 is 2.03 bits per heavy atom. The fourth-order valence-electron chi connectivity index (χ4n) is 2.83. The number of hydrogen-bond acceptors (Lipinski definition) is 6. The Labute approximate surface area is 191 Å². The number of nitrogens with zero attached hydrogens (tertiary/aromatic N) is 4. The lowest BCUT2D eigenvalue weighted by molar-refractivity contribution is 0.0946. The summed E-state index contributed by atoms with van der Waals surface area (Å²) in [4.78, 5) is 16.8. The number of hydrogen-bond donors (Lipinski definition) is 1. The zero-order chi connectivity index (χ0) is 21.8. The number of nitrogens with one attached hydrogen (secondary N) is 1. The normalized spacial score (nSPS) is 10.9. The molecule has 0 fully saturated rings. The van der Waals surface area contributed by atoms with Gasteiger partial charge >= 0.3 is 0 Å². The minimum atomic E-state index is -0.307. The standard InChI is InChI=1S/C21H17ClFN5OS2/c1-13-26-27-21(28(13)17-4-2-3-15(22)9-17)31-12-19-25-18(11-30-19)20(29)24-10-14-5-7-16(23)8-6-14/h2-9,11H,10,12H2,1H3,(H,24,29). The van der Waals surface area contributed by atoms with Crippen LogP contribution >= 0.6 is 34.7 Å². The second-order valence-corrected chi connectivity index (χ2v) is 8.89. The molecule has 2 aromatic heterocycles. The van der Waals surface area contributed by atoms with Crippen molar-refractivity contribution >= 4 is 40.6 Å². The van der Waals surface area contributed by atoms with Gasteiger partial charge in [0.1, 0.15) is 22.3 Å². The topological polar surface area (TPSA) is 72.7 Å². The number of rotatable bonds is 7. The molecule has 31 heavy (non-hydrogen) atoms. The van der Waals surface area contributed by atoms with Crippen molar-refractivity contribution < 1.29 is 9.18 Å². The highest BCUT2D eigenvalue weighted by Crippen LogP contribution is 2.27. The third-order valence-corrected chi connectivity index (χ3v) is 6.54. The van der Waals surface area contributed by atoms with E-state index >= 15 is 0 Å². The van der Waals surface area contributed by atoms with Crippen LogP contribution in [0.3, 0.4) is 0 Å². The summed E-state index contributed by atoms with van der Waals surface area (Å²) in [7, 11) is 0. The lowest BCUT2D eigenvalue weighted by Crippen LogP contribution is -2.23. The lowest BCUT2D eigenvalue weighted by Gasteiger charge is -2.08. The maximum atomic E-state index is 13.0. The molecule has 0 radical (unpaired) electrons. The Hall–Kier alpha value is -2.75. The third kappa shape index (κ3) is 5.30. The minimum Gasteiger partial charge on any atom is -0.347 e. The van der Waals surface area contributed by atoms with Crippen LogP contribution < -0.4 is 5.32 Å². The van der Waals surface area contributed by atoms with Crippen LogP contribution in [0.5, 0.6) is 0 Å². The van der Waals surface area contributed by atoms with Crippen LogP contribution in [0.2, 0.25) is 5.02 Å². The van der Waals surface area contributed by atoms with Crippen LogP contribution in [0.15, 0.2) is 59.1 Å². The summed E-state index contributed by atoms with van der Waals surface area (Å²) in [6.07, 6.45) is 0. The quantitative estimate of drug-likeness (QED) is 0.380. The summed E-state index contributed by atoms with van der Waals surface area (Å²) in [5.74, 6) is 0.729. The van der Waals surface area contributed by atoms with Crippen molar-refractivity contribution in [2.75, 3.05) is 0 Å². The summed E-state index contributed by atoms with van der Waals surface area (Å²) in [5.41, 5.74) is 2.06. The number of carbonyl (C=O) groups excluding carboxylic acids is 1. The molecule has 0 bridgehead atoms. The highest BCUT2D eigenvalue weighted by molar-refractivity contribution is 7.98. The van der Waals surface area contributed by atoms with E-state index in [4.69, 9.17) is 11.6 Å². The molecule has 0 aliphatic rings. The minimum absolute atomic E-state index is 0.269. The first-order valence-corrected chi connectivity index (χ1v) is 11.5. The summed E-state index contributed by atoms with van der Waals surface area (Å²) in [5, 5.41) is 15.1. The highest BCUT2D eigenvalue weighted by Gasteiger charge is 2.15. The molecular weight excluding hydrogens is 457 g/mol. The smallest absolute Gasteiger partial charge is 0.271 e. The van der Waals surface area contributed by atoms with Crippen molar-refractivity contribution in [1.82, 2.24) is 25.1 Å². The van der Waals surface area contributed by atoms with Crippen molar-refractivity contribution in [3.05, 3.63) is 86.8 Å². The molecule has 1 N–H and O–H groups in total. The molecule has 0 spiro atoms. The van der Waals surface area contributed by atoms with Gasteiger partial charge in [-0.3, -0.25) is 9.36 Å². The molecule has 158 valence electrons. The van der Waals surface area contributed by atoms with Crippen LogP contribution in [0, 0.1) is 12.7 Å². The molecular formula is C21H17ClFN5OS2. The average Bonchev–Trinajstić information content (AvgIpc) is 3.38. The van der Waals surface area contributed by atoms with E-state index in [9.17, 15) is 9.18 Å². The van der Waals surface area contributed by atoms with Crippen molar-refractivity contribution in [2.45, 2.75) is 24.4 Å². The van der Waals surface area contributed by atoms with Crippen molar-refractivity contribution in [3.63, 3.8) is 0 Å². The predicted molar refractivity (Wildman–Crippen MR) is 120 cm³/mol. The number of halogens is 2. The Morgan fingerprint density at radius 3 is 2.81 bits per heavy atom. The van der Waals surface area contributed by atoms with Crippen molar-refractivity contribution in [1.29, 1.82) is 0 Å². The molecule has 0 saturated carbocycles. The van der Waals surface area contributed by atoms with E-state index in [0.29, 0.717) is 23.0 Å². The van der Waals surface area contributed by atoms with Crippen molar-refractivity contribution in [3.8, 4) is 5.69 Å². The molecule has 0 atom stereocenters. The molecule has 10 heteroatoms. The number of benzene rings is 2. The van der Waals surface area contributed by atoms with Gasteiger partial charge in [0, 0.05) is 16.9 Å². The summed E-state index contributed by atoms with van der Waals surface area (Å²) in [6.45, 7) is 2.19. The zero-order valence-corrected chi connectivity index (χ0v) is 18.8. The fraction of sp³-hybridized carbons (Fsp3) is 0.143. The first-order valence-electron chi connectivity index (χ1n) is 9.27. The molecule has 0 unspecified atom stereocenters. The Bertz CT molecular complexity index is 1210. The molecule has 0 saturated heterocycles. The van der Waals surface area contributed by atoms with Gasteiger partial charge in [0.05, 0.1) is 11.4 Å². The first kappa shape index (κ1) is 21.5. The van der Waals surface area contributed by atoms with Gasteiger partial charge in [0.15, 0.2) is 5.16 Å². The van der Waals surface area contributed by atoms with Gasteiger partial charge in [0.2, 0.25) is 0 Å². The third-order valence-electron chi connectivity index (χ3n) is 4.34. The van der Waals surface area contributed by atoms with E-state index in [-0.39, 0.29) is 11.7 Å². The monoisotopic (exact) mass is 473 g/mol. The van der Waals surface area contributed by atoms with Crippen molar-refractivity contribution in [2.24, 2.45) is 0 Å². The lowest BCUT2D eigenvalue weighted by atomic mass is 10.2. The zero-order valence-electron chi connectivity index (χ0n) is 16.4. The fourth-order valence-corrected chi connectivity index (χ4v) is 4.81. The number of carbonyl (C=O) groups is 1. The molecule has 1 amide bonds. The van der Waals surface area contributed by atoms with E-state index in [2.05, 4.69) is 20.5 Å². The Balaban J connectivity index is 1.39. The summed E-state index contributed by atoms with van der Waals surface area (Å²) in [6, 6.07) is 13.5. The number of thioether (sulfide) groups is 1. The van der Waals surface area contributed by atoms with E-state index in [0.717, 1.165) is 27.2 Å².